The standard InChI is InChI=1S/C16H22N2O/c1-3-15(18-16(19)17-4-2)14-10-9-12-7-5-6-8-13(12)11-14/h4,9-11,15H,2-3,5-8H2,1H3,(H2,17,18,19). The lowest BCUT2D eigenvalue weighted by Crippen LogP contribution is -2.35. The van der Waals surface area contributed by atoms with Crippen LogP contribution in [0.3, 0.4) is 0 Å². The second-order valence-corrected chi connectivity index (χ2v) is 5.02. The third kappa shape index (κ3) is 3.37. The first-order valence-electron chi connectivity index (χ1n) is 7.04. The minimum atomic E-state index is -0.195. The molecule has 0 saturated carbocycles. The highest BCUT2D eigenvalue weighted by molar-refractivity contribution is 5.75. The van der Waals surface area contributed by atoms with Crippen LogP contribution in [-0.2, 0) is 12.8 Å². The molecule has 1 aromatic carbocycles. The summed E-state index contributed by atoms with van der Waals surface area (Å²) in [4.78, 5) is 11.6. The van der Waals surface area contributed by atoms with E-state index in [2.05, 4.69) is 42.3 Å². The average molecular weight is 258 g/mol. The molecule has 0 bridgehead atoms. The van der Waals surface area contributed by atoms with Crippen molar-refractivity contribution in [3.63, 3.8) is 0 Å². The van der Waals surface area contributed by atoms with Crippen molar-refractivity contribution < 1.29 is 4.79 Å². The Hall–Kier alpha value is -1.77. The lowest BCUT2D eigenvalue weighted by Gasteiger charge is -2.21. The number of amides is 2. The molecule has 1 aliphatic carbocycles. The monoisotopic (exact) mass is 258 g/mol. The summed E-state index contributed by atoms with van der Waals surface area (Å²) >= 11 is 0. The molecule has 2 amide bonds. The maximum atomic E-state index is 11.6. The van der Waals surface area contributed by atoms with Gasteiger partial charge in [-0.3, -0.25) is 0 Å². The molecule has 2 N–H and O–H groups in total. The van der Waals surface area contributed by atoms with Crippen LogP contribution >= 0.6 is 0 Å². The smallest absolute Gasteiger partial charge is 0.319 e. The van der Waals surface area contributed by atoms with Crippen molar-refractivity contribution in [3.05, 3.63) is 47.7 Å². The molecule has 1 atom stereocenters. The van der Waals surface area contributed by atoms with Gasteiger partial charge in [0, 0.05) is 0 Å². The van der Waals surface area contributed by atoms with Crippen LogP contribution < -0.4 is 10.6 Å². The van der Waals surface area contributed by atoms with Crippen LogP contribution in [0.25, 0.3) is 0 Å². The van der Waals surface area contributed by atoms with Crippen molar-refractivity contribution in [1.82, 2.24) is 10.6 Å². The van der Waals surface area contributed by atoms with Gasteiger partial charge in [0.1, 0.15) is 0 Å². The molecule has 1 aromatic rings. The first-order valence-corrected chi connectivity index (χ1v) is 7.04. The Balaban J connectivity index is 2.14. The van der Waals surface area contributed by atoms with Crippen LogP contribution in [0.4, 0.5) is 4.79 Å². The van der Waals surface area contributed by atoms with E-state index in [4.69, 9.17) is 0 Å². The van der Waals surface area contributed by atoms with E-state index in [9.17, 15) is 4.79 Å². The van der Waals surface area contributed by atoms with Gasteiger partial charge in [-0.25, -0.2) is 4.79 Å². The highest BCUT2D eigenvalue weighted by Crippen LogP contribution is 2.25. The lowest BCUT2D eigenvalue weighted by atomic mass is 9.89. The Morgan fingerprint density at radius 1 is 1.37 bits per heavy atom. The van der Waals surface area contributed by atoms with E-state index in [1.165, 1.54) is 48.6 Å². The van der Waals surface area contributed by atoms with E-state index >= 15 is 0 Å². The van der Waals surface area contributed by atoms with Crippen LogP contribution in [0.5, 0.6) is 0 Å². The summed E-state index contributed by atoms with van der Waals surface area (Å²) in [6.45, 7) is 5.57. The van der Waals surface area contributed by atoms with Gasteiger partial charge in [-0.1, -0.05) is 31.7 Å². The third-order valence-corrected chi connectivity index (χ3v) is 3.72. The molecule has 0 radical (unpaired) electrons. The number of benzene rings is 1. The Bertz CT molecular complexity index is 468. The molecule has 0 saturated heterocycles. The number of aryl methyl sites for hydroxylation is 2. The SMILES string of the molecule is C=CNC(=O)NC(CC)c1ccc2c(c1)CCCC2. The molecular formula is C16H22N2O. The number of hydrogen-bond acceptors (Lipinski definition) is 1. The number of carbonyl (C=O) groups is 1. The molecule has 2 rings (SSSR count). The van der Waals surface area contributed by atoms with Gasteiger partial charge in [0.15, 0.2) is 0 Å². The van der Waals surface area contributed by atoms with E-state index < -0.39 is 0 Å². The number of fused-ring (bicyclic) bond motifs is 1. The van der Waals surface area contributed by atoms with Crippen LogP contribution in [-0.4, -0.2) is 6.03 Å². The maximum Gasteiger partial charge on any atom is 0.319 e. The zero-order chi connectivity index (χ0) is 13.7. The minimum Gasteiger partial charge on any atom is -0.331 e. The summed E-state index contributed by atoms with van der Waals surface area (Å²) < 4.78 is 0. The van der Waals surface area contributed by atoms with E-state index in [0.29, 0.717) is 0 Å². The van der Waals surface area contributed by atoms with Gasteiger partial charge >= 0.3 is 6.03 Å². The summed E-state index contributed by atoms with van der Waals surface area (Å²) in [7, 11) is 0. The molecule has 3 nitrogen and oxygen atoms in total. The largest absolute Gasteiger partial charge is 0.331 e. The van der Waals surface area contributed by atoms with E-state index in [0.717, 1.165) is 6.42 Å². The Morgan fingerprint density at radius 2 is 2.11 bits per heavy atom. The molecule has 1 unspecified atom stereocenters. The first kappa shape index (κ1) is 13.7. The zero-order valence-electron chi connectivity index (χ0n) is 11.5. The molecule has 0 heterocycles. The van der Waals surface area contributed by atoms with Crippen molar-refractivity contribution in [2.45, 2.75) is 45.1 Å². The van der Waals surface area contributed by atoms with Gasteiger partial charge in [0.2, 0.25) is 0 Å². The van der Waals surface area contributed by atoms with E-state index in [-0.39, 0.29) is 12.1 Å². The summed E-state index contributed by atoms with van der Waals surface area (Å²) in [5.74, 6) is 0. The van der Waals surface area contributed by atoms with Crippen LogP contribution in [0, 0.1) is 0 Å². The van der Waals surface area contributed by atoms with Crippen molar-refractivity contribution in [1.29, 1.82) is 0 Å². The minimum absolute atomic E-state index is 0.0622. The second-order valence-electron chi connectivity index (χ2n) is 5.02. The second kappa shape index (κ2) is 6.41. The van der Waals surface area contributed by atoms with Gasteiger partial charge < -0.3 is 10.6 Å². The topological polar surface area (TPSA) is 41.1 Å². The predicted molar refractivity (Wildman–Crippen MR) is 78.0 cm³/mol. The fourth-order valence-corrected chi connectivity index (χ4v) is 2.68. The summed E-state index contributed by atoms with van der Waals surface area (Å²) in [6.07, 6.45) is 7.20. The van der Waals surface area contributed by atoms with Crippen LogP contribution in [0.1, 0.15) is 48.9 Å². The Kier molecular flexibility index (Phi) is 4.61. The lowest BCUT2D eigenvalue weighted by molar-refractivity contribution is 0.240. The molecule has 1 aliphatic rings. The molecule has 3 heteroatoms. The molecule has 0 aliphatic heterocycles. The van der Waals surface area contributed by atoms with Gasteiger partial charge in [-0.15, -0.1) is 0 Å². The molecule has 0 spiro atoms. The molecule has 0 aromatic heterocycles. The predicted octanol–water partition coefficient (Wildman–Crippen LogP) is 3.46. The average Bonchev–Trinajstić information content (AvgIpc) is 2.44. The van der Waals surface area contributed by atoms with Crippen LogP contribution in [0.2, 0.25) is 0 Å². The fraction of sp³-hybridized carbons (Fsp3) is 0.438. The zero-order valence-corrected chi connectivity index (χ0v) is 11.5. The summed E-state index contributed by atoms with van der Waals surface area (Å²) in [5, 5.41) is 5.53. The fourth-order valence-electron chi connectivity index (χ4n) is 2.68. The number of carbonyl (C=O) groups excluding carboxylic acids is 1. The van der Waals surface area contributed by atoms with Crippen molar-refractivity contribution in [2.24, 2.45) is 0 Å². The highest BCUT2D eigenvalue weighted by atomic mass is 16.2. The Labute approximate surface area is 115 Å². The summed E-state index contributed by atoms with van der Waals surface area (Å²) in [5.41, 5.74) is 4.12. The molecule has 102 valence electrons. The molecule has 19 heavy (non-hydrogen) atoms. The van der Waals surface area contributed by atoms with Crippen molar-refractivity contribution >= 4 is 6.03 Å². The Morgan fingerprint density at radius 3 is 2.79 bits per heavy atom. The number of rotatable bonds is 4. The number of hydrogen-bond donors (Lipinski definition) is 2. The van der Waals surface area contributed by atoms with Gasteiger partial charge in [0.25, 0.3) is 0 Å². The third-order valence-electron chi connectivity index (χ3n) is 3.72. The number of urea groups is 1. The normalized spacial score (nSPS) is 15.2. The van der Waals surface area contributed by atoms with Crippen LogP contribution in [0.15, 0.2) is 31.0 Å². The quantitative estimate of drug-likeness (QED) is 0.853. The van der Waals surface area contributed by atoms with Gasteiger partial charge in [-0.2, -0.15) is 0 Å². The van der Waals surface area contributed by atoms with Gasteiger partial charge in [-0.05, 0) is 55.0 Å². The summed E-state index contributed by atoms with van der Waals surface area (Å²) in [6, 6.07) is 6.50. The van der Waals surface area contributed by atoms with E-state index in [1.807, 2.05) is 0 Å². The first-order chi connectivity index (χ1) is 9.24. The van der Waals surface area contributed by atoms with E-state index in [1.54, 1.807) is 0 Å². The van der Waals surface area contributed by atoms with Gasteiger partial charge in [0.05, 0.1) is 6.04 Å². The molecular weight excluding hydrogens is 236 g/mol. The van der Waals surface area contributed by atoms with Crippen molar-refractivity contribution in [2.75, 3.05) is 0 Å². The highest BCUT2D eigenvalue weighted by Gasteiger charge is 2.15. The number of nitrogens with one attached hydrogen (secondary N) is 2. The maximum absolute atomic E-state index is 11.6. The molecule has 0 fully saturated rings. The van der Waals surface area contributed by atoms with Crippen molar-refractivity contribution in [3.8, 4) is 0 Å².